The van der Waals surface area contributed by atoms with Gasteiger partial charge in [0.05, 0.1) is 12.1 Å². The first-order valence-corrected chi connectivity index (χ1v) is 8.47. The van der Waals surface area contributed by atoms with Crippen molar-refractivity contribution in [3.05, 3.63) is 35.6 Å². The lowest BCUT2D eigenvalue weighted by atomic mass is 10.1. The van der Waals surface area contributed by atoms with Crippen molar-refractivity contribution in [1.29, 1.82) is 0 Å². The van der Waals surface area contributed by atoms with Gasteiger partial charge in [0.25, 0.3) is 0 Å². The summed E-state index contributed by atoms with van der Waals surface area (Å²) >= 11 is 1.69. The predicted octanol–water partition coefficient (Wildman–Crippen LogP) is 3.00. The van der Waals surface area contributed by atoms with Gasteiger partial charge in [0.2, 0.25) is 5.91 Å². The van der Waals surface area contributed by atoms with E-state index in [1.54, 1.807) is 11.8 Å². The SMILES string of the molecule is CSCC[C@H](N)C(=O)NC(C)c1oc2ccccc2c1C. The van der Waals surface area contributed by atoms with Crippen molar-refractivity contribution in [2.75, 3.05) is 12.0 Å². The number of nitrogens with two attached hydrogens (primary N) is 1. The maximum absolute atomic E-state index is 12.1. The molecule has 0 fully saturated rings. The van der Waals surface area contributed by atoms with E-state index in [0.717, 1.165) is 28.0 Å². The topological polar surface area (TPSA) is 68.3 Å². The Kier molecular flexibility index (Phi) is 5.31. The van der Waals surface area contributed by atoms with Crippen molar-refractivity contribution in [2.45, 2.75) is 32.4 Å². The van der Waals surface area contributed by atoms with Gasteiger partial charge < -0.3 is 15.5 Å². The monoisotopic (exact) mass is 306 g/mol. The van der Waals surface area contributed by atoms with Crippen molar-refractivity contribution in [1.82, 2.24) is 5.32 Å². The number of hydrogen-bond acceptors (Lipinski definition) is 4. The van der Waals surface area contributed by atoms with Crippen molar-refractivity contribution < 1.29 is 9.21 Å². The molecule has 0 aliphatic heterocycles. The quantitative estimate of drug-likeness (QED) is 0.861. The highest BCUT2D eigenvalue weighted by Crippen LogP contribution is 2.29. The van der Waals surface area contributed by atoms with Gasteiger partial charge in [0.1, 0.15) is 11.3 Å². The van der Waals surface area contributed by atoms with E-state index in [1.165, 1.54) is 0 Å². The molecule has 0 radical (unpaired) electrons. The van der Waals surface area contributed by atoms with Crippen LogP contribution in [0.15, 0.2) is 28.7 Å². The minimum Gasteiger partial charge on any atom is -0.459 e. The van der Waals surface area contributed by atoms with Crippen LogP contribution >= 0.6 is 11.8 Å². The van der Waals surface area contributed by atoms with Gasteiger partial charge in [-0.3, -0.25) is 4.79 Å². The predicted molar refractivity (Wildman–Crippen MR) is 88.5 cm³/mol. The number of thioether (sulfide) groups is 1. The molecule has 21 heavy (non-hydrogen) atoms. The van der Waals surface area contributed by atoms with Gasteiger partial charge in [0.15, 0.2) is 0 Å². The highest BCUT2D eigenvalue weighted by atomic mass is 32.2. The van der Waals surface area contributed by atoms with Crippen molar-refractivity contribution >= 4 is 28.6 Å². The highest BCUT2D eigenvalue weighted by molar-refractivity contribution is 7.98. The fourth-order valence-corrected chi connectivity index (χ4v) is 2.86. The molecule has 1 unspecified atom stereocenters. The van der Waals surface area contributed by atoms with Crippen LogP contribution in [0.5, 0.6) is 0 Å². The average molecular weight is 306 g/mol. The normalized spacial score (nSPS) is 14.1. The third-order valence-electron chi connectivity index (χ3n) is 3.60. The summed E-state index contributed by atoms with van der Waals surface area (Å²) in [6.07, 6.45) is 2.68. The number of amides is 1. The van der Waals surface area contributed by atoms with E-state index in [4.69, 9.17) is 10.2 Å². The third kappa shape index (κ3) is 3.60. The van der Waals surface area contributed by atoms with Gasteiger partial charge >= 0.3 is 0 Å². The summed E-state index contributed by atoms with van der Waals surface area (Å²) in [6.45, 7) is 3.93. The maximum atomic E-state index is 12.1. The number of benzene rings is 1. The molecule has 0 spiro atoms. The molecule has 0 saturated heterocycles. The molecular formula is C16H22N2O2S. The Morgan fingerprint density at radius 2 is 2.14 bits per heavy atom. The number of carbonyl (C=O) groups is 1. The molecule has 1 aromatic carbocycles. The van der Waals surface area contributed by atoms with Crippen LogP contribution in [0.3, 0.4) is 0 Å². The Hall–Kier alpha value is -1.46. The summed E-state index contributed by atoms with van der Waals surface area (Å²) in [5.74, 6) is 1.55. The number of rotatable bonds is 6. The fourth-order valence-electron chi connectivity index (χ4n) is 2.37. The summed E-state index contributed by atoms with van der Waals surface area (Å²) in [5, 5.41) is 4.02. The summed E-state index contributed by atoms with van der Waals surface area (Å²) < 4.78 is 5.86. The lowest BCUT2D eigenvalue weighted by molar-refractivity contribution is -0.123. The number of hydrogen-bond donors (Lipinski definition) is 2. The summed E-state index contributed by atoms with van der Waals surface area (Å²) in [6, 6.07) is 7.23. The largest absolute Gasteiger partial charge is 0.459 e. The number of fused-ring (bicyclic) bond motifs is 1. The van der Waals surface area contributed by atoms with Crippen LogP contribution in [-0.2, 0) is 4.79 Å². The Morgan fingerprint density at radius 3 is 2.81 bits per heavy atom. The Balaban J connectivity index is 2.10. The Bertz CT molecular complexity index is 624. The van der Waals surface area contributed by atoms with Gasteiger partial charge in [-0.15, -0.1) is 0 Å². The van der Waals surface area contributed by atoms with Crippen LogP contribution in [0.2, 0.25) is 0 Å². The van der Waals surface area contributed by atoms with Crippen LogP contribution < -0.4 is 11.1 Å². The molecule has 0 bridgehead atoms. The molecule has 114 valence electrons. The molecule has 3 N–H and O–H groups in total. The lowest BCUT2D eigenvalue weighted by Gasteiger charge is -2.16. The molecule has 2 atom stereocenters. The van der Waals surface area contributed by atoms with E-state index in [9.17, 15) is 4.79 Å². The second-order valence-electron chi connectivity index (χ2n) is 5.21. The van der Waals surface area contributed by atoms with Gasteiger partial charge in [-0.2, -0.15) is 11.8 Å². The molecule has 4 nitrogen and oxygen atoms in total. The van der Waals surface area contributed by atoms with Crippen molar-refractivity contribution in [2.24, 2.45) is 5.73 Å². The first-order valence-electron chi connectivity index (χ1n) is 7.07. The number of aryl methyl sites for hydroxylation is 1. The van der Waals surface area contributed by atoms with Gasteiger partial charge in [-0.1, -0.05) is 18.2 Å². The fraction of sp³-hybridized carbons (Fsp3) is 0.438. The van der Waals surface area contributed by atoms with Crippen LogP contribution in [0.25, 0.3) is 11.0 Å². The van der Waals surface area contributed by atoms with E-state index >= 15 is 0 Å². The zero-order valence-electron chi connectivity index (χ0n) is 12.7. The molecule has 2 aromatic rings. The van der Waals surface area contributed by atoms with E-state index in [0.29, 0.717) is 6.42 Å². The molecule has 1 heterocycles. The van der Waals surface area contributed by atoms with E-state index in [1.807, 2.05) is 44.4 Å². The number of nitrogens with one attached hydrogen (secondary N) is 1. The highest BCUT2D eigenvalue weighted by Gasteiger charge is 2.21. The molecule has 2 rings (SSSR count). The number of carbonyl (C=O) groups excluding carboxylic acids is 1. The van der Waals surface area contributed by atoms with Gasteiger partial charge in [0, 0.05) is 10.9 Å². The molecule has 1 amide bonds. The Morgan fingerprint density at radius 1 is 1.43 bits per heavy atom. The minimum absolute atomic E-state index is 0.128. The van der Waals surface area contributed by atoms with Gasteiger partial charge in [-0.05, 0) is 38.3 Å². The molecule has 0 saturated carbocycles. The Labute approximate surface area is 129 Å². The number of para-hydroxylation sites is 1. The van der Waals surface area contributed by atoms with Crippen LogP contribution in [0.1, 0.15) is 30.7 Å². The summed E-state index contributed by atoms with van der Waals surface area (Å²) in [4.78, 5) is 12.1. The first-order chi connectivity index (χ1) is 10.0. The van der Waals surface area contributed by atoms with Crippen molar-refractivity contribution in [3.63, 3.8) is 0 Å². The molecule has 5 heteroatoms. The van der Waals surface area contributed by atoms with E-state index in [-0.39, 0.29) is 11.9 Å². The molecule has 0 aliphatic carbocycles. The average Bonchev–Trinajstić information content (AvgIpc) is 2.82. The maximum Gasteiger partial charge on any atom is 0.237 e. The zero-order valence-corrected chi connectivity index (χ0v) is 13.5. The van der Waals surface area contributed by atoms with Gasteiger partial charge in [-0.25, -0.2) is 0 Å². The van der Waals surface area contributed by atoms with Crippen LogP contribution in [-0.4, -0.2) is 24.0 Å². The second kappa shape index (κ2) is 7.00. The number of furan rings is 1. The standard InChI is InChI=1S/C16H22N2O2S/c1-10-12-6-4-5-7-14(12)20-15(10)11(2)18-16(19)13(17)8-9-21-3/h4-7,11,13H,8-9,17H2,1-3H3,(H,18,19)/t11?,13-/m0/s1. The van der Waals surface area contributed by atoms with E-state index in [2.05, 4.69) is 5.32 Å². The first kappa shape index (κ1) is 15.9. The third-order valence-corrected chi connectivity index (χ3v) is 4.25. The van der Waals surface area contributed by atoms with Crippen LogP contribution in [0.4, 0.5) is 0 Å². The zero-order chi connectivity index (χ0) is 15.4. The molecule has 1 aromatic heterocycles. The lowest BCUT2D eigenvalue weighted by Crippen LogP contribution is -2.42. The van der Waals surface area contributed by atoms with Crippen molar-refractivity contribution in [3.8, 4) is 0 Å². The summed E-state index contributed by atoms with van der Waals surface area (Å²) in [7, 11) is 0. The minimum atomic E-state index is -0.468. The smallest absolute Gasteiger partial charge is 0.237 e. The second-order valence-corrected chi connectivity index (χ2v) is 6.19. The van der Waals surface area contributed by atoms with Crippen LogP contribution in [0, 0.1) is 6.92 Å². The molecular weight excluding hydrogens is 284 g/mol. The molecule has 0 aliphatic rings. The van der Waals surface area contributed by atoms with E-state index < -0.39 is 6.04 Å². The summed E-state index contributed by atoms with van der Waals surface area (Å²) in [5.41, 5.74) is 7.80.